The van der Waals surface area contributed by atoms with Gasteiger partial charge in [-0.05, 0) is 30.3 Å². The van der Waals surface area contributed by atoms with Crippen LogP contribution < -0.4 is 5.32 Å². The van der Waals surface area contributed by atoms with Gasteiger partial charge in [0.05, 0.1) is 16.8 Å². The lowest BCUT2D eigenvalue weighted by molar-refractivity contribution is -0.136. The quantitative estimate of drug-likeness (QED) is 0.446. The lowest BCUT2D eigenvalue weighted by Gasteiger charge is -2.09. The predicted molar refractivity (Wildman–Crippen MR) is 110 cm³/mol. The van der Waals surface area contributed by atoms with E-state index < -0.39 is 11.7 Å². The van der Waals surface area contributed by atoms with Crippen LogP contribution in [0.15, 0.2) is 47.6 Å². The maximum absolute atomic E-state index is 13.4. The van der Waals surface area contributed by atoms with E-state index >= 15 is 0 Å². The van der Waals surface area contributed by atoms with E-state index in [1.807, 2.05) is 0 Å². The van der Waals surface area contributed by atoms with E-state index in [1.54, 1.807) is 30.3 Å². The van der Waals surface area contributed by atoms with Crippen molar-refractivity contribution >= 4 is 57.0 Å². The fourth-order valence-corrected chi connectivity index (χ4v) is 3.77. The number of fused-ring (bicyclic) bond motifs is 3. The molecule has 1 amide bonds. The number of thioether (sulfide) groups is 1. The molecular weight excluding hydrogens is 439 g/mol. The largest absolute Gasteiger partial charge is 0.418 e. The second kappa shape index (κ2) is 7.77. The summed E-state index contributed by atoms with van der Waals surface area (Å²) in [5.74, 6) is -0.282. The topological polar surface area (TPSA) is 72.7 Å². The van der Waals surface area contributed by atoms with Crippen LogP contribution in [-0.2, 0) is 18.0 Å². The number of rotatable bonds is 4. The van der Waals surface area contributed by atoms with Crippen molar-refractivity contribution in [1.29, 1.82) is 0 Å². The van der Waals surface area contributed by atoms with Gasteiger partial charge in [0.2, 0.25) is 11.1 Å². The Kier molecular flexibility index (Phi) is 5.29. The smallest absolute Gasteiger partial charge is 0.326 e. The Morgan fingerprint density at radius 1 is 1.17 bits per heavy atom. The maximum Gasteiger partial charge on any atom is 0.418 e. The van der Waals surface area contributed by atoms with Crippen molar-refractivity contribution < 1.29 is 18.0 Å². The van der Waals surface area contributed by atoms with Crippen molar-refractivity contribution in [1.82, 2.24) is 19.7 Å². The summed E-state index contributed by atoms with van der Waals surface area (Å²) in [6, 6.07) is 10.5. The van der Waals surface area contributed by atoms with Crippen LogP contribution in [0.5, 0.6) is 0 Å². The first-order valence-electron chi connectivity index (χ1n) is 8.61. The van der Waals surface area contributed by atoms with Crippen LogP contribution in [0.1, 0.15) is 5.56 Å². The van der Waals surface area contributed by atoms with Gasteiger partial charge < -0.3 is 9.88 Å². The number of hydrogen-bond donors (Lipinski definition) is 1. The highest BCUT2D eigenvalue weighted by Crippen LogP contribution is 2.37. The van der Waals surface area contributed by atoms with E-state index in [0.717, 1.165) is 17.8 Å². The van der Waals surface area contributed by atoms with Gasteiger partial charge in [-0.3, -0.25) is 4.79 Å². The first-order chi connectivity index (χ1) is 14.2. The minimum atomic E-state index is -4.51. The van der Waals surface area contributed by atoms with Gasteiger partial charge in [0, 0.05) is 23.1 Å². The molecule has 2 heterocycles. The number of nitrogens with zero attached hydrogens (tertiary/aromatic N) is 4. The van der Waals surface area contributed by atoms with Crippen molar-refractivity contribution in [2.75, 3.05) is 11.1 Å². The maximum atomic E-state index is 13.4. The third kappa shape index (κ3) is 3.92. The first-order valence-corrected chi connectivity index (χ1v) is 9.97. The standard InChI is InChI=1S/C19H13ClF3N5OS/c1-28-16-12(3-2-4-13(16)19(21,22)23)15-17(28)25-18(27-26-15)30-9-14(29)24-11-7-5-10(20)6-8-11/h2-8H,9H2,1H3,(H,24,29). The average Bonchev–Trinajstić information content (AvgIpc) is 2.99. The first kappa shape index (κ1) is 20.4. The van der Waals surface area contributed by atoms with E-state index in [-0.39, 0.29) is 33.5 Å². The summed E-state index contributed by atoms with van der Waals surface area (Å²) in [4.78, 5) is 16.4. The van der Waals surface area contributed by atoms with Gasteiger partial charge in [-0.15, -0.1) is 10.2 Å². The van der Waals surface area contributed by atoms with E-state index in [9.17, 15) is 18.0 Å². The number of para-hydroxylation sites is 1. The molecule has 0 bridgehead atoms. The Hall–Kier alpha value is -2.85. The monoisotopic (exact) mass is 451 g/mol. The molecule has 0 aliphatic rings. The van der Waals surface area contributed by atoms with Gasteiger partial charge >= 0.3 is 6.18 Å². The minimum Gasteiger partial charge on any atom is -0.326 e. The second-order valence-corrected chi connectivity index (χ2v) is 7.75. The molecule has 0 radical (unpaired) electrons. The third-order valence-corrected chi connectivity index (χ3v) is 5.45. The number of benzene rings is 2. The van der Waals surface area contributed by atoms with Gasteiger partial charge in [-0.1, -0.05) is 35.5 Å². The Labute approximate surface area is 177 Å². The number of amides is 1. The fraction of sp³-hybridized carbons (Fsp3) is 0.158. The number of hydrogen-bond acceptors (Lipinski definition) is 5. The van der Waals surface area contributed by atoms with E-state index in [4.69, 9.17) is 11.6 Å². The molecule has 0 saturated carbocycles. The highest BCUT2D eigenvalue weighted by molar-refractivity contribution is 7.99. The summed E-state index contributed by atoms with van der Waals surface area (Å²) in [5, 5.41) is 11.8. The summed E-state index contributed by atoms with van der Waals surface area (Å²) < 4.78 is 41.5. The molecule has 30 heavy (non-hydrogen) atoms. The van der Waals surface area contributed by atoms with Crippen molar-refractivity contribution in [2.24, 2.45) is 7.05 Å². The number of carbonyl (C=O) groups excluding carboxylic acids is 1. The lowest BCUT2D eigenvalue weighted by atomic mass is 10.1. The number of alkyl halides is 3. The Morgan fingerprint density at radius 2 is 1.90 bits per heavy atom. The number of anilines is 1. The number of halogens is 4. The van der Waals surface area contributed by atoms with E-state index in [2.05, 4.69) is 20.5 Å². The Balaban J connectivity index is 1.59. The normalized spacial score (nSPS) is 11.9. The molecule has 4 aromatic rings. The van der Waals surface area contributed by atoms with Crippen molar-refractivity contribution in [3.8, 4) is 0 Å². The molecule has 154 valence electrons. The molecule has 0 atom stereocenters. The number of aromatic nitrogens is 4. The fourth-order valence-electron chi connectivity index (χ4n) is 3.06. The molecule has 2 aromatic carbocycles. The molecule has 0 saturated heterocycles. The Bertz CT molecular complexity index is 1260. The number of nitrogens with one attached hydrogen (secondary N) is 1. The van der Waals surface area contributed by atoms with Gasteiger partial charge in [-0.25, -0.2) is 4.98 Å². The van der Waals surface area contributed by atoms with Crippen LogP contribution in [0.3, 0.4) is 0 Å². The summed E-state index contributed by atoms with van der Waals surface area (Å²) in [6.07, 6.45) is -4.51. The molecule has 11 heteroatoms. The van der Waals surface area contributed by atoms with Crippen LogP contribution in [0.4, 0.5) is 18.9 Å². The zero-order valence-electron chi connectivity index (χ0n) is 15.4. The van der Waals surface area contributed by atoms with Gasteiger partial charge in [0.1, 0.15) is 5.52 Å². The molecular formula is C19H13ClF3N5OS. The van der Waals surface area contributed by atoms with Crippen LogP contribution in [0.25, 0.3) is 22.1 Å². The zero-order valence-corrected chi connectivity index (χ0v) is 16.9. The molecule has 2 aromatic heterocycles. The number of aryl methyl sites for hydroxylation is 1. The second-order valence-electron chi connectivity index (χ2n) is 6.37. The van der Waals surface area contributed by atoms with Crippen molar-refractivity contribution in [2.45, 2.75) is 11.3 Å². The van der Waals surface area contributed by atoms with E-state index in [0.29, 0.717) is 16.1 Å². The van der Waals surface area contributed by atoms with Crippen LogP contribution in [-0.4, -0.2) is 31.4 Å². The van der Waals surface area contributed by atoms with Gasteiger partial charge in [-0.2, -0.15) is 13.2 Å². The van der Waals surface area contributed by atoms with Crippen LogP contribution in [0.2, 0.25) is 5.02 Å². The summed E-state index contributed by atoms with van der Waals surface area (Å²) in [7, 11) is 1.50. The SMILES string of the molecule is Cn1c2nc(SCC(=O)Nc3ccc(Cl)cc3)nnc2c2cccc(C(F)(F)F)c21. The molecule has 0 aliphatic heterocycles. The molecule has 0 fully saturated rings. The molecule has 4 rings (SSSR count). The Morgan fingerprint density at radius 3 is 2.60 bits per heavy atom. The van der Waals surface area contributed by atoms with Crippen molar-refractivity contribution in [3.05, 3.63) is 53.1 Å². The van der Waals surface area contributed by atoms with Crippen LogP contribution in [0, 0.1) is 0 Å². The highest BCUT2D eigenvalue weighted by Gasteiger charge is 2.34. The van der Waals surface area contributed by atoms with Gasteiger partial charge in [0.15, 0.2) is 5.65 Å². The lowest BCUT2D eigenvalue weighted by Crippen LogP contribution is -2.14. The van der Waals surface area contributed by atoms with Crippen LogP contribution >= 0.6 is 23.4 Å². The van der Waals surface area contributed by atoms with E-state index in [1.165, 1.54) is 17.7 Å². The molecule has 1 N–H and O–H groups in total. The molecule has 0 spiro atoms. The summed E-state index contributed by atoms with van der Waals surface area (Å²) >= 11 is 6.84. The summed E-state index contributed by atoms with van der Waals surface area (Å²) in [5.41, 5.74) is 0.349. The molecule has 0 unspecified atom stereocenters. The molecule has 0 aliphatic carbocycles. The minimum absolute atomic E-state index is 0.00750. The average molecular weight is 452 g/mol. The third-order valence-electron chi connectivity index (χ3n) is 4.36. The predicted octanol–water partition coefficient (Wildman–Crippen LogP) is 4.92. The molecule has 6 nitrogen and oxygen atoms in total. The van der Waals surface area contributed by atoms with Crippen molar-refractivity contribution in [3.63, 3.8) is 0 Å². The zero-order chi connectivity index (χ0) is 21.5. The highest BCUT2D eigenvalue weighted by atomic mass is 35.5. The summed E-state index contributed by atoms with van der Waals surface area (Å²) in [6.45, 7) is 0. The van der Waals surface area contributed by atoms with Gasteiger partial charge in [0.25, 0.3) is 0 Å². The number of carbonyl (C=O) groups is 1.